The molecule has 1 unspecified atom stereocenters. The summed E-state index contributed by atoms with van der Waals surface area (Å²) in [6.45, 7) is 0. The second-order valence-electron chi connectivity index (χ2n) is 5.91. The number of Topliss-reactive ketones (excluding diaryl/α,β-unsaturated/α-hetero) is 1. The lowest BCUT2D eigenvalue weighted by Gasteiger charge is -2.36. The third kappa shape index (κ3) is 2.42. The Morgan fingerprint density at radius 2 is 1.70 bits per heavy atom. The van der Waals surface area contributed by atoms with Crippen LogP contribution in [0, 0.1) is 5.92 Å². The van der Waals surface area contributed by atoms with Crippen LogP contribution >= 0.6 is 0 Å². The van der Waals surface area contributed by atoms with Crippen molar-refractivity contribution in [1.29, 1.82) is 0 Å². The molecule has 0 saturated carbocycles. The standard InChI is InChI=1S/C16H19NO3/c18-15(12-4-2-1-3-5-12)10-11-8-13-6-7-14(9-11)17(13)16(19)20/h1-5,11,13-14H,6-10H2,(H,19,20)/t11?,13-,14+. The molecule has 106 valence electrons. The summed E-state index contributed by atoms with van der Waals surface area (Å²) in [6.07, 6.45) is 3.32. The van der Waals surface area contributed by atoms with Gasteiger partial charge in [-0.3, -0.25) is 4.79 Å². The van der Waals surface area contributed by atoms with Gasteiger partial charge >= 0.3 is 6.09 Å². The van der Waals surface area contributed by atoms with E-state index in [1.54, 1.807) is 4.90 Å². The lowest BCUT2D eigenvalue weighted by atomic mass is 9.86. The van der Waals surface area contributed by atoms with Gasteiger partial charge in [0.05, 0.1) is 0 Å². The predicted octanol–water partition coefficient (Wildman–Crippen LogP) is 3.18. The maximum atomic E-state index is 12.2. The fourth-order valence-electron chi connectivity index (χ4n) is 3.77. The van der Waals surface area contributed by atoms with Crippen LogP contribution in [0.2, 0.25) is 0 Å². The number of fused-ring (bicyclic) bond motifs is 2. The largest absolute Gasteiger partial charge is 0.465 e. The van der Waals surface area contributed by atoms with E-state index in [2.05, 4.69) is 0 Å². The summed E-state index contributed by atoms with van der Waals surface area (Å²) in [5.74, 6) is 0.509. The first-order valence-electron chi connectivity index (χ1n) is 7.24. The van der Waals surface area contributed by atoms with Crippen LogP contribution in [0.5, 0.6) is 0 Å². The molecular weight excluding hydrogens is 254 g/mol. The molecule has 1 N–H and O–H groups in total. The van der Waals surface area contributed by atoms with E-state index in [0.717, 1.165) is 31.2 Å². The molecule has 20 heavy (non-hydrogen) atoms. The normalized spacial score (nSPS) is 28.4. The summed E-state index contributed by atoms with van der Waals surface area (Å²) >= 11 is 0. The van der Waals surface area contributed by atoms with Crippen LogP contribution in [0.3, 0.4) is 0 Å². The van der Waals surface area contributed by atoms with Crippen molar-refractivity contribution in [2.24, 2.45) is 5.92 Å². The van der Waals surface area contributed by atoms with Gasteiger partial charge in [0.2, 0.25) is 0 Å². The van der Waals surface area contributed by atoms with E-state index in [4.69, 9.17) is 0 Å². The number of hydrogen-bond donors (Lipinski definition) is 1. The number of carbonyl (C=O) groups excluding carboxylic acids is 1. The molecule has 1 amide bonds. The summed E-state index contributed by atoms with van der Waals surface area (Å²) in [7, 11) is 0. The van der Waals surface area contributed by atoms with Crippen molar-refractivity contribution < 1.29 is 14.7 Å². The van der Waals surface area contributed by atoms with E-state index in [1.165, 1.54) is 0 Å². The second kappa shape index (κ2) is 5.27. The number of piperidine rings is 1. The van der Waals surface area contributed by atoms with Gasteiger partial charge in [0.25, 0.3) is 0 Å². The zero-order chi connectivity index (χ0) is 14.1. The van der Waals surface area contributed by atoms with Crippen LogP contribution in [0.1, 0.15) is 42.5 Å². The minimum absolute atomic E-state index is 0.125. The highest BCUT2D eigenvalue weighted by Gasteiger charge is 2.43. The quantitative estimate of drug-likeness (QED) is 0.860. The van der Waals surface area contributed by atoms with Gasteiger partial charge in [-0.25, -0.2) is 4.79 Å². The monoisotopic (exact) mass is 273 g/mol. The molecule has 0 spiro atoms. The smallest absolute Gasteiger partial charge is 0.407 e. The van der Waals surface area contributed by atoms with Gasteiger partial charge in [-0.05, 0) is 31.6 Å². The molecule has 1 aromatic rings. The number of benzene rings is 1. The minimum atomic E-state index is -0.801. The first-order valence-corrected chi connectivity index (χ1v) is 7.24. The maximum Gasteiger partial charge on any atom is 0.407 e. The molecule has 2 saturated heterocycles. The molecule has 3 atom stereocenters. The van der Waals surface area contributed by atoms with Crippen LogP contribution in [-0.2, 0) is 0 Å². The Balaban J connectivity index is 1.64. The summed E-state index contributed by atoms with van der Waals surface area (Å²) in [6, 6.07) is 9.61. The first kappa shape index (κ1) is 13.2. The third-order valence-electron chi connectivity index (χ3n) is 4.62. The average molecular weight is 273 g/mol. The maximum absolute atomic E-state index is 12.2. The topological polar surface area (TPSA) is 57.6 Å². The van der Waals surface area contributed by atoms with Crippen LogP contribution in [0.4, 0.5) is 4.79 Å². The number of carbonyl (C=O) groups is 2. The van der Waals surface area contributed by atoms with Crippen molar-refractivity contribution in [1.82, 2.24) is 4.90 Å². The number of carboxylic acid groups (broad SMARTS) is 1. The van der Waals surface area contributed by atoms with Crippen LogP contribution in [0.25, 0.3) is 0 Å². The molecule has 0 aliphatic carbocycles. The van der Waals surface area contributed by atoms with E-state index >= 15 is 0 Å². The van der Waals surface area contributed by atoms with E-state index in [-0.39, 0.29) is 17.9 Å². The van der Waals surface area contributed by atoms with Crippen molar-refractivity contribution in [3.8, 4) is 0 Å². The highest BCUT2D eigenvalue weighted by atomic mass is 16.4. The Bertz CT molecular complexity index is 500. The van der Waals surface area contributed by atoms with Crippen molar-refractivity contribution in [3.63, 3.8) is 0 Å². The van der Waals surface area contributed by atoms with Crippen molar-refractivity contribution >= 4 is 11.9 Å². The van der Waals surface area contributed by atoms with Crippen molar-refractivity contribution in [2.75, 3.05) is 0 Å². The molecule has 4 nitrogen and oxygen atoms in total. The predicted molar refractivity (Wildman–Crippen MR) is 74.8 cm³/mol. The number of hydrogen-bond acceptors (Lipinski definition) is 2. The average Bonchev–Trinajstić information content (AvgIpc) is 2.72. The summed E-state index contributed by atoms with van der Waals surface area (Å²) in [5, 5.41) is 9.22. The molecule has 3 rings (SSSR count). The lowest BCUT2D eigenvalue weighted by molar-refractivity contribution is 0.0765. The van der Waals surface area contributed by atoms with E-state index in [0.29, 0.717) is 12.3 Å². The zero-order valence-electron chi connectivity index (χ0n) is 11.4. The Morgan fingerprint density at radius 1 is 1.10 bits per heavy atom. The van der Waals surface area contributed by atoms with Crippen LogP contribution in [-0.4, -0.2) is 34.0 Å². The molecular formula is C16H19NO3. The van der Waals surface area contributed by atoms with E-state index in [1.807, 2.05) is 30.3 Å². The molecule has 2 heterocycles. The van der Waals surface area contributed by atoms with Crippen molar-refractivity contribution in [2.45, 2.75) is 44.2 Å². The van der Waals surface area contributed by atoms with Gasteiger partial charge in [-0.15, -0.1) is 0 Å². The zero-order valence-corrected chi connectivity index (χ0v) is 11.4. The van der Waals surface area contributed by atoms with E-state index < -0.39 is 6.09 Å². The number of rotatable bonds is 3. The van der Waals surface area contributed by atoms with Gasteiger partial charge in [0.15, 0.2) is 5.78 Å². The third-order valence-corrected chi connectivity index (χ3v) is 4.62. The second-order valence-corrected chi connectivity index (χ2v) is 5.91. The Hall–Kier alpha value is -1.84. The minimum Gasteiger partial charge on any atom is -0.465 e. The molecule has 2 aliphatic heterocycles. The number of nitrogens with zero attached hydrogens (tertiary/aromatic N) is 1. The molecule has 2 fully saturated rings. The Morgan fingerprint density at radius 3 is 2.25 bits per heavy atom. The van der Waals surface area contributed by atoms with Crippen molar-refractivity contribution in [3.05, 3.63) is 35.9 Å². The molecule has 1 aromatic carbocycles. The first-order chi connectivity index (χ1) is 9.65. The molecule has 0 aromatic heterocycles. The summed E-state index contributed by atoms with van der Waals surface area (Å²) in [4.78, 5) is 25.1. The molecule has 2 aliphatic rings. The van der Waals surface area contributed by atoms with E-state index in [9.17, 15) is 14.7 Å². The highest BCUT2D eigenvalue weighted by Crippen LogP contribution is 2.40. The molecule has 4 heteroatoms. The van der Waals surface area contributed by atoms with Crippen LogP contribution in [0.15, 0.2) is 30.3 Å². The lowest BCUT2D eigenvalue weighted by Crippen LogP contribution is -2.46. The molecule has 0 radical (unpaired) electrons. The van der Waals surface area contributed by atoms with Gasteiger partial charge < -0.3 is 10.0 Å². The van der Waals surface area contributed by atoms with Crippen LogP contribution < -0.4 is 0 Å². The van der Waals surface area contributed by atoms with Gasteiger partial charge in [0, 0.05) is 24.1 Å². The number of ketones is 1. The fraction of sp³-hybridized carbons (Fsp3) is 0.500. The fourth-order valence-corrected chi connectivity index (χ4v) is 3.77. The van der Waals surface area contributed by atoms with Gasteiger partial charge in [-0.2, -0.15) is 0 Å². The SMILES string of the molecule is O=C(CC1C[C@H]2CC[C@@H](C1)N2C(=O)O)c1ccccc1. The molecule has 2 bridgehead atoms. The summed E-state index contributed by atoms with van der Waals surface area (Å²) in [5.41, 5.74) is 0.764. The highest BCUT2D eigenvalue weighted by molar-refractivity contribution is 5.96. The summed E-state index contributed by atoms with van der Waals surface area (Å²) < 4.78 is 0. The Labute approximate surface area is 118 Å². The Kier molecular flexibility index (Phi) is 3.47. The number of amides is 1. The van der Waals surface area contributed by atoms with Gasteiger partial charge in [0.1, 0.15) is 0 Å². The van der Waals surface area contributed by atoms with Gasteiger partial charge in [-0.1, -0.05) is 30.3 Å².